The number of halogens is 3. The van der Waals surface area contributed by atoms with Gasteiger partial charge in [0.05, 0.1) is 4.90 Å². The summed E-state index contributed by atoms with van der Waals surface area (Å²) < 4.78 is 62.0. The van der Waals surface area contributed by atoms with Crippen molar-refractivity contribution in [1.29, 1.82) is 0 Å². The fraction of sp³-hybridized carbons (Fsp3) is 0.538. The Balaban J connectivity index is 3.14. The molecule has 0 radical (unpaired) electrons. The van der Waals surface area contributed by atoms with Gasteiger partial charge >= 0.3 is 6.18 Å². The van der Waals surface area contributed by atoms with Gasteiger partial charge in [0.25, 0.3) is 0 Å². The highest BCUT2D eigenvalue weighted by Crippen LogP contribution is 2.25. The van der Waals surface area contributed by atoms with Crippen molar-refractivity contribution in [2.24, 2.45) is 0 Å². The summed E-state index contributed by atoms with van der Waals surface area (Å²) >= 11 is 0. The van der Waals surface area contributed by atoms with Gasteiger partial charge in [-0.3, -0.25) is 0 Å². The van der Waals surface area contributed by atoms with Crippen LogP contribution >= 0.6 is 0 Å². The molecule has 1 N–H and O–H groups in total. The molecule has 0 aromatic heterocycles. The molecule has 8 heteroatoms. The largest absolute Gasteiger partial charge is 0.402 e. The zero-order valence-corrected chi connectivity index (χ0v) is 13.0. The summed E-state index contributed by atoms with van der Waals surface area (Å²) in [5.41, 5.74) is 1.21. The quantitative estimate of drug-likeness (QED) is 0.873. The molecule has 4 nitrogen and oxygen atoms in total. The minimum Gasteiger partial charge on any atom is -0.313 e. The van der Waals surface area contributed by atoms with Gasteiger partial charge in [0.1, 0.15) is 6.54 Å². The monoisotopic (exact) mass is 324 g/mol. The number of nitrogens with zero attached hydrogens (tertiary/aromatic N) is 1. The van der Waals surface area contributed by atoms with Crippen LogP contribution in [0.1, 0.15) is 18.1 Å². The lowest BCUT2D eigenvalue weighted by Crippen LogP contribution is -2.36. The van der Waals surface area contributed by atoms with Crippen LogP contribution in [0.25, 0.3) is 0 Å². The van der Waals surface area contributed by atoms with Gasteiger partial charge in [-0.25, -0.2) is 8.42 Å². The Morgan fingerprint density at radius 3 is 2.43 bits per heavy atom. The summed E-state index contributed by atoms with van der Waals surface area (Å²) in [7, 11) is -3.24. The van der Waals surface area contributed by atoms with Crippen LogP contribution in [0, 0.1) is 6.92 Å². The van der Waals surface area contributed by atoms with Crippen molar-refractivity contribution in [2.45, 2.75) is 31.5 Å². The molecule has 0 amide bonds. The highest BCUT2D eigenvalue weighted by molar-refractivity contribution is 7.89. The summed E-state index contributed by atoms with van der Waals surface area (Å²) in [6, 6.07) is 4.61. The zero-order valence-electron chi connectivity index (χ0n) is 12.2. The van der Waals surface area contributed by atoms with E-state index in [4.69, 9.17) is 0 Å². The van der Waals surface area contributed by atoms with E-state index in [0.29, 0.717) is 23.0 Å². The van der Waals surface area contributed by atoms with Gasteiger partial charge in [-0.05, 0) is 30.7 Å². The lowest BCUT2D eigenvalue weighted by atomic mass is 10.1. The van der Waals surface area contributed by atoms with Crippen molar-refractivity contribution in [3.05, 3.63) is 29.3 Å². The Hall–Kier alpha value is -1.12. The van der Waals surface area contributed by atoms with E-state index in [2.05, 4.69) is 5.32 Å². The molecule has 0 bridgehead atoms. The van der Waals surface area contributed by atoms with Crippen molar-refractivity contribution < 1.29 is 21.6 Å². The van der Waals surface area contributed by atoms with E-state index >= 15 is 0 Å². The zero-order chi connectivity index (χ0) is 16.3. The van der Waals surface area contributed by atoms with Crippen LogP contribution in [0.15, 0.2) is 23.1 Å². The molecule has 0 aliphatic carbocycles. The van der Waals surface area contributed by atoms with E-state index in [1.54, 1.807) is 13.0 Å². The van der Waals surface area contributed by atoms with Gasteiger partial charge in [-0.2, -0.15) is 17.5 Å². The molecule has 0 aliphatic heterocycles. The average molecular weight is 324 g/mol. The third kappa shape index (κ3) is 4.69. The lowest BCUT2D eigenvalue weighted by Gasteiger charge is -2.21. The molecule has 0 heterocycles. The predicted octanol–water partition coefficient (Wildman–Crippen LogP) is 2.29. The van der Waals surface area contributed by atoms with Gasteiger partial charge in [0.15, 0.2) is 0 Å². The van der Waals surface area contributed by atoms with Crippen LogP contribution in [-0.4, -0.2) is 39.0 Å². The molecule has 0 aliphatic rings. The lowest BCUT2D eigenvalue weighted by molar-refractivity contribution is -0.134. The van der Waals surface area contributed by atoms with E-state index in [9.17, 15) is 21.6 Å². The van der Waals surface area contributed by atoms with Crippen LogP contribution in [0.3, 0.4) is 0 Å². The fourth-order valence-electron chi connectivity index (χ4n) is 1.90. The van der Waals surface area contributed by atoms with E-state index in [1.807, 2.05) is 6.92 Å². The Labute approximate surface area is 123 Å². The minimum absolute atomic E-state index is 0.0929. The first-order valence-corrected chi connectivity index (χ1v) is 7.86. The number of hydrogen-bond acceptors (Lipinski definition) is 3. The third-order valence-corrected chi connectivity index (χ3v) is 5.00. The highest BCUT2D eigenvalue weighted by Gasteiger charge is 2.35. The number of benzene rings is 1. The van der Waals surface area contributed by atoms with Crippen molar-refractivity contribution in [3.8, 4) is 0 Å². The van der Waals surface area contributed by atoms with Gasteiger partial charge in [0.2, 0.25) is 10.0 Å². The first-order chi connectivity index (χ1) is 9.59. The number of rotatable bonds is 6. The van der Waals surface area contributed by atoms with Gasteiger partial charge in [-0.1, -0.05) is 19.1 Å². The van der Waals surface area contributed by atoms with Crippen LogP contribution in [0.2, 0.25) is 0 Å². The van der Waals surface area contributed by atoms with Gasteiger partial charge < -0.3 is 5.32 Å². The van der Waals surface area contributed by atoms with Crippen LogP contribution in [0.5, 0.6) is 0 Å². The van der Waals surface area contributed by atoms with Crippen LogP contribution in [0.4, 0.5) is 13.2 Å². The Bertz CT molecular complexity index is 586. The maximum Gasteiger partial charge on any atom is 0.402 e. The second-order valence-corrected chi connectivity index (χ2v) is 6.71. The Kier molecular flexibility index (Phi) is 5.77. The maximum atomic E-state index is 12.4. The molecule has 0 saturated carbocycles. The maximum absolute atomic E-state index is 12.4. The number of nitrogens with one attached hydrogen (secondary N) is 1. The molecule has 0 spiro atoms. The molecular formula is C13H19F3N2O2S. The predicted molar refractivity (Wildman–Crippen MR) is 74.4 cm³/mol. The van der Waals surface area contributed by atoms with Crippen molar-refractivity contribution in [3.63, 3.8) is 0 Å². The van der Waals surface area contributed by atoms with E-state index in [1.165, 1.54) is 12.1 Å². The van der Waals surface area contributed by atoms with Gasteiger partial charge in [0, 0.05) is 13.6 Å². The molecule has 1 rings (SSSR count). The standard InChI is InChI=1S/C13H19F3N2O2S/c1-4-17-8-11-6-5-7-12(10(11)2)21(19,20)18(3)9-13(14,15)16/h5-7,17H,4,8-9H2,1-3H3. The molecule has 1 aromatic carbocycles. The van der Waals surface area contributed by atoms with Crippen molar-refractivity contribution >= 4 is 10.0 Å². The summed E-state index contributed by atoms with van der Waals surface area (Å²) in [4.78, 5) is -0.0929. The van der Waals surface area contributed by atoms with E-state index < -0.39 is 22.7 Å². The summed E-state index contributed by atoms with van der Waals surface area (Å²) in [5, 5.41) is 3.06. The first kappa shape index (κ1) is 17.9. The average Bonchev–Trinajstić information content (AvgIpc) is 2.35. The molecule has 0 atom stereocenters. The first-order valence-electron chi connectivity index (χ1n) is 6.42. The summed E-state index contributed by atoms with van der Waals surface area (Å²) in [6.07, 6.45) is -4.57. The van der Waals surface area contributed by atoms with E-state index in [0.717, 1.165) is 12.6 Å². The van der Waals surface area contributed by atoms with Crippen LogP contribution < -0.4 is 5.32 Å². The summed E-state index contributed by atoms with van der Waals surface area (Å²) in [6.45, 7) is 3.18. The highest BCUT2D eigenvalue weighted by atomic mass is 32.2. The van der Waals surface area contributed by atoms with E-state index in [-0.39, 0.29) is 4.90 Å². The van der Waals surface area contributed by atoms with Crippen molar-refractivity contribution in [2.75, 3.05) is 20.1 Å². The topological polar surface area (TPSA) is 49.4 Å². The molecular weight excluding hydrogens is 305 g/mol. The third-order valence-electron chi connectivity index (χ3n) is 3.05. The smallest absolute Gasteiger partial charge is 0.313 e. The number of alkyl halides is 3. The second kappa shape index (κ2) is 6.76. The molecule has 1 aromatic rings. The summed E-state index contributed by atoms with van der Waals surface area (Å²) in [5.74, 6) is 0. The molecule has 120 valence electrons. The van der Waals surface area contributed by atoms with Gasteiger partial charge in [-0.15, -0.1) is 0 Å². The molecule has 21 heavy (non-hydrogen) atoms. The molecule has 0 unspecified atom stereocenters. The number of hydrogen-bond donors (Lipinski definition) is 1. The minimum atomic E-state index is -4.57. The number of sulfonamides is 1. The van der Waals surface area contributed by atoms with Crippen LogP contribution in [-0.2, 0) is 16.6 Å². The molecule has 0 fully saturated rings. The SMILES string of the molecule is CCNCc1cccc(S(=O)(=O)N(C)CC(F)(F)F)c1C. The fourth-order valence-corrected chi connectivity index (χ4v) is 3.32. The Morgan fingerprint density at radius 2 is 1.90 bits per heavy atom. The molecule has 0 saturated heterocycles. The normalized spacial score (nSPS) is 12.9. The van der Waals surface area contributed by atoms with Crippen molar-refractivity contribution in [1.82, 2.24) is 9.62 Å². The second-order valence-electron chi connectivity index (χ2n) is 4.70. The Morgan fingerprint density at radius 1 is 1.29 bits per heavy atom.